The summed E-state index contributed by atoms with van der Waals surface area (Å²) in [4.78, 5) is 30.3. The summed E-state index contributed by atoms with van der Waals surface area (Å²) >= 11 is 0. The Kier molecular flexibility index (Phi) is 4.04. The van der Waals surface area contributed by atoms with Gasteiger partial charge in [0.2, 0.25) is 0 Å². The van der Waals surface area contributed by atoms with Gasteiger partial charge in [-0.2, -0.15) is 8.78 Å². The van der Waals surface area contributed by atoms with Crippen LogP contribution in [0.4, 0.5) is 14.5 Å². The van der Waals surface area contributed by atoms with E-state index in [1.54, 1.807) is 31.3 Å². The van der Waals surface area contributed by atoms with Crippen molar-refractivity contribution in [3.05, 3.63) is 69.6 Å². The van der Waals surface area contributed by atoms with Crippen LogP contribution in [0.1, 0.15) is 29.8 Å². The average molecular weight is 385 g/mol. The molecule has 6 nitrogen and oxygen atoms in total. The number of hydrogen-bond donors (Lipinski definition) is 1. The molecular weight excluding hydrogens is 368 g/mol. The van der Waals surface area contributed by atoms with Gasteiger partial charge >= 0.3 is 11.8 Å². The van der Waals surface area contributed by atoms with Gasteiger partial charge in [0.25, 0.3) is 5.56 Å². The third kappa shape index (κ3) is 2.52. The molecule has 0 saturated carbocycles. The summed E-state index contributed by atoms with van der Waals surface area (Å²) in [7, 11) is 1.57. The highest BCUT2D eigenvalue weighted by Gasteiger charge is 2.54. The first kappa shape index (κ1) is 18.2. The van der Waals surface area contributed by atoms with Gasteiger partial charge in [0.05, 0.1) is 34.9 Å². The first-order chi connectivity index (χ1) is 13.2. The van der Waals surface area contributed by atoms with Crippen LogP contribution in [-0.4, -0.2) is 20.6 Å². The molecule has 2 aromatic carbocycles. The van der Waals surface area contributed by atoms with Crippen LogP contribution >= 0.6 is 0 Å². The van der Waals surface area contributed by atoms with Gasteiger partial charge in [-0.15, -0.1) is 0 Å². The number of alkyl halides is 2. The Morgan fingerprint density at radius 2 is 1.86 bits per heavy atom. The number of halogens is 2. The minimum atomic E-state index is -3.79. The van der Waals surface area contributed by atoms with Crippen molar-refractivity contribution in [3.8, 4) is 0 Å². The lowest BCUT2D eigenvalue weighted by molar-refractivity contribution is -0.141. The molecule has 144 valence electrons. The molecule has 2 heterocycles. The largest absolute Gasteiger partial charge is 0.389 e. The van der Waals surface area contributed by atoms with Crippen LogP contribution < -0.4 is 10.5 Å². The van der Waals surface area contributed by atoms with Gasteiger partial charge < -0.3 is 14.6 Å². The van der Waals surface area contributed by atoms with E-state index < -0.39 is 29.1 Å². The second-order valence-electron chi connectivity index (χ2n) is 6.79. The first-order valence-corrected chi connectivity index (χ1v) is 8.69. The smallest absolute Gasteiger partial charge is 0.352 e. The number of anilines is 1. The quantitative estimate of drug-likeness (QED) is 0.752. The molecule has 1 aliphatic rings. The van der Waals surface area contributed by atoms with Crippen molar-refractivity contribution in [3.63, 3.8) is 0 Å². The van der Waals surface area contributed by atoms with E-state index in [0.29, 0.717) is 11.0 Å². The van der Waals surface area contributed by atoms with E-state index in [1.165, 1.54) is 29.7 Å². The maximum absolute atomic E-state index is 14.7. The van der Waals surface area contributed by atoms with Crippen molar-refractivity contribution in [1.29, 1.82) is 0 Å². The zero-order valence-corrected chi connectivity index (χ0v) is 15.2. The van der Waals surface area contributed by atoms with Crippen molar-refractivity contribution in [1.82, 2.24) is 9.55 Å². The van der Waals surface area contributed by atoms with E-state index in [-0.39, 0.29) is 23.5 Å². The molecule has 0 unspecified atom stereocenters. The highest BCUT2D eigenvalue weighted by molar-refractivity contribution is 6.06. The number of para-hydroxylation sites is 2. The van der Waals surface area contributed by atoms with Gasteiger partial charge in [0.15, 0.2) is 0 Å². The molecule has 1 amide bonds. The van der Waals surface area contributed by atoms with E-state index in [4.69, 9.17) is 0 Å². The van der Waals surface area contributed by atoms with E-state index in [0.717, 1.165) is 4.90 Å². The molecule has 1 aliphatic heterocycles. The molecule has 0 radical (unpaired) electrons. The monoisotopic (exact) mass is 385 g/mol. The molecular formula is C20H17F2N3O3. The number of hydrogen-bond acceptors (Lipinski definition) is 4. The molecule has 0 saturated heterocycles. The van der Waals surface area contributed by atoms with E-state index in [1.807, 2.05) is 0 Å². The van der Waals surface area contributed by atoms with E-state index in [9.17, 15) is 23.5 Å². The lowest BCUT2D eigenvalue weighted by atomic mass is 9.99. The topological polar surface area (TPSA) is 75.4 Å². The van der Waals surface area contributed by atoms with Gasteiger partial charge in [-0.05, 0) is 30.7 Å². The van der Waals surface area contributed by atoms with Crippen molar-refractivity contribution < 1.29 is 18.7 Å². The van der Waals surface area contributed by atoms with Gasteiger partial charge in [0.1, 0.15) is 5.69 Å². The number of aliphatic hydroxyl groups excluding tert-OH is 1. The lowest BCUT2D eigenvalue weighted by Crippen LogP contribution is -2.37. The second-order valence-corrected chi connectivity index (χ2v) is 6.79. The Labute approximate surface area is 158 Å². The fourth-order valence-electron chi connectivity index (χ4n) is 3.61. The molecule has 3 aromatic rings. The molecule has 0 fully saturated rings. The van der Waals surface area contributed by atoms with Gasteiger partial charge in [0, 0.05) is 7.05 Å². The predicted octanol–water partition coefficient (Wildman–Crippen LogP) is 2.63. The highest BCUT2D eigenvalue weighted by atomic mass is 19.3. The van der Waals surface area contributed by atoms with Crippen molar-refractivity contribution in [2.24, 2.45) is 7.05 Å². The van der Waals surface area contributed by atoms with E-state index >= 15 is 0 Å². The van der Waals surface area contributed by atoms with Crippen LogP contribution in [0.2, 0.25) is 0 Å². The number of rotatable bonds is 3. The number of carbonyl (C=O) groups excluding carboxylic acids is 1. The summed E-state index contributed by atoms with van der Waals surface area (Å²) in [5, 5.41) is 9.85. The molecule has 1 aromatic heterocycles. The fourth-order valence-corrected chi connectivity index (χ4v) is 3.61. The summed E-state index contributed by atoms with van der Waals surface area (Å²) in [6.07, 6.45) is -1.17. The lowest BCUT2D eigenvalue weighted by Gasteiger charge is -2.17. The Morgan fingerprint density at radius 3 is 2.57 bits per heavy atom. The Morgan fingerprint density at radius 1 is 1.14 bits per heavy atom. The number of aliphatic hydroxyl groups is 1. The fraction of sp³-hybridized carbons (Fsp3) is 0.250. The summed E-state index contributed by atoms with van der Waals surface area (Å²) < 4.78 is 30.8. The van der Waals surface area contributed by atoms with Crippen LogP contribution in [0.15, 0.2) is 47.3 Å². The number of fused-ring (bicyclic) bond motifs is 2. The molecule has 4 rings (SSSR count). The van der Waals surface area contributed by atoms with Gasteiger partial charge in [-0.25, -0.2) is 4.98 Å². The maximum atomic E-state index is 14.7. The molecule has 0 bridgehead atoms. The summed E-state index contributed by atoms with van der Waals surface area (Å²) in [5.41, 5.74) is 0.0911. The zero-order chi connectivity index (χ0) is 20.2. The Hall–Kier alpha value is -3.13. The average Bonchev–Trinajstić information content (AvgIpc) is 2.86. The molecule has 8 heteroatoms. The number of carbonyl (C=O) groups is 1. The van der Waals surface area contributed by atoms with Crippen LogP contribution in [0.3, 0.4) is 0 Å². The number of aryl methyl sites for hydroxylation is 1. The number of nitrogens with zero attached hydrogens (tertiary/aromatic N) is 3. The number of aromatic nitrogens is 2. The molecule has 0 aliphatic carbocycles. The van der Waals surface area contributed by atoms with Gasteiger partial charge in [-0.3, -0.25) is 9.59 Å². The van der Waals surface area contributed by atoms with Crippen LogP contribution in [-0.2, 0) is 24.3 Å². The van der Waals surface area contributed by atoms with Crippen LogP contribution in [0, 0.1) is 0 Å². The highest BCUT2D eigenvalue weighted by Crippen LogP contribution is 2.47. The molecule has 1 atom stereocenters. The first-order valence-electron chi connectivity index (χ1n) is 8.69. The standard InChI is InChI=1S/C20H17F2N3O3/c1-11(26)12-6-5-9-16-17(12)20(21,22)19(28)25(16)10-14-18(27)24(2)15-8-4-3-7-13(15)23-14/h3-9,11,26H,10H2,1-2H3/t11-/m0/s1. The molecule has 28 heavy (non-hydrogen) atoms. The summed E-state index contributed by atoms with van der Waals surface area (Å²) in [5.74, 6) is -5.22. The molecule has 0 spiro atoms. The van der Waals surface area contributed by atoms with Gasteiger partial charge in [-0.1, -0.05) is 24.3 Å². The van der Waals surface area contributed by atoms with Crippen molar-refractivity contribution in [2.45, 2.75) is 25.5 Å². The Balaban J connectivity index is 1.86. The van der Waals surface area contributed by atoms with E-state index in [2.05, 4.69) is 4.98 Å². The minimum absolute atomic E-state index is 0.0133. The predicted molar refractivity (Wildman–Crippen MR) is 99.1 cm³/mol. The molecule has 1 N–H and O–H groups in total. The van der Waals surface area contributed by atoms with Crippen molar-refractivity contribution in [2.75, 3.05) is 4.90 Å². The number of amides is 1. The number of benzene rings is 2. The maximum Gasteiger partial charge on any atom is 0.352 e. The Bertz CT molecular complexity index is 1170. The third-order valence-corrected chi connectivity index (χ3v) is 5.00. The summed E-state index contributed by atoms with van der Waals surface area (Å²) in [6.45, 7) is 0.974. The van der Waals surface area contributed by atoms with Crippen LogP contribution in [0.5, 0.6) is 0 Å². The minimum Gasteiger partial charge on any atom is -0.389 e. The van der Waals surface area contributed by atoms with Crippen molar-refractivity contribution >= 4 is 22.6 Å². The van der Waals surface area contributed by atoms with Crippen LogP contribution in [0.25, 0.3) is 11.0 Å². The zero-order valence-electron chi connectivity index (χ0n) is 15.2. The third-order valence-electron chi connectivity index (χ3n) is 5.00. The second kappa shape index (κ2) is 6.20. The summed E-state index contributed by atoms with van der Waals surface area (Å²) in [6, 6.07) is 11.2. The normalized spacial score (nSPS) is 16.5. The SMILES string of the molecule is C[C@H](O)c1cccc2c1C(F)(F)C(=O)N2Cc1nc2ccccc2n(C)c1=O.